The lowest BCUT2D eigenvalue weighted by Crippen LogP contribution is -2.03. The molecule has 0 radical (unpaired) electrons. The van der Waals surface area contributed by atoms with Crippen LogP contribution in [0.3, 0.4) is 0 Å². The third kappa shape index (κ3) is 2.76. The fourth-order valence-electron chi connectivity index (χ4n) is 4.29. The van der Waals surface area contributed by atoms with Crippen LogP contribution in [0.4, 0.5) is 17.6 Å². The van der Waals surface area contributed by atoms with Gasteiger partial charge in [0.25, 0.3) is 0 Å². The first-order chi connectivity index (χ1) is 17.8. The molecule has 0 unspecified atom stereocenters. The zero-order chi connectivity index (χ0) is 23.6. The number of aromatic amines is 1. The molecule has 11 nitrogen and oxygen atoms in total. The Morgan fingerprint density at radius 3 is 2.25 bits per heavy atom. The van der Waals surface area contributed by atoms with Crippen LogP contribution in [-0.4, -0.2) is 24.9 Å². The average molecular weight is 475 g/mol. The van der Waals surface area contributed by atoms with E-state index in [1.807, 2.05) is 24.3 Å². The Morgan fingerprint density at radius 1 is 0.722 bits per heavy atom. The number of nitrogens with one attached hydrogen (secondary N) is 2. The van der Waals surface area contributed by atoms with Gasteiger partial charge in [-0.2, -0.15) is 4.99 Å². The van der Waals surface area contributed by atoms with E-state index in [-0.39, 0.29) is 0 Å². The molecule has 8 aromatic heterocycles. The maximum Gasteiger partial charge on any atom is 0.225 e. The molecule has 172 valence electrons. The number of hydrogen-bond acceptors (Lipinski definition) is 10. The summed E-state index contributed by atoms with van der Waals surface area (Å²) in [6, 6.07) is 10.8. The van der Waals surface area contributed by atoms with Crippen molar-refractivity contribution in [3.63, 3.8) is 0 Å². The molecule has 11 heteroatoms. The number of aromatic nitrogens is 5. The minimum atomic E-state index is 0.345. The van der Waals surface area contributed by atoms with Crippen LogP contribution in [0.15, 0.2) is 90.2 Å². The zero-order valence-electron chi connectivity index (χ0n) is 18.2. The van der Waals surface area contributed by atoms with Gasteiger partial charge in [-0.25, -0.2) is 19.9 Å². The third-order valence-electron chi connectivity index (χ3n) is 5.86. The van der Waals surface area contributed by atoms with Crippen LogP contribution >= 0.6 is 0 Å². The third-order valence-corrected chi connectivity index (χ3v) is 5.86. The minimum Gasteiger partial charge on any atom is -0.451 e. The first kappa shape index (κ1) is 18.9. The molecule has 8 heterocycles. The second kappa shape index (κ2) is 7.03. The van der Waals surface area contributed by atoms with Gasteiger partial charge in [-0.15, -0.1) is 0 Å². The van der Waals surface area contributed by atoms with Gasteiger partial charge in [0.2, 0.25) is 22.9 Å². The van der Waals surface area contributed by atoms with E-state index < -0.39 is 0 Å². The van der Waals surface area contributed by atoms with Gasteiger partial charge in [0, 0.05) is 47.7 Å². The molecule has 36 heavy (non-hydrogen) atoms. The molecule has 2 N–H and O–H groups in total. The lowest BCUT2D eigenvalue weighted by Gasteiger charge is -1.99. The monoisotopic (exact) mass is 475 g/mol. The Hall–Kier alpha value is -5.45. The molecule has 0 fully saturated rings. The van der Waals surface area contributed by atoms with Crippen LogP contribution in [0.2, 0.25) is 0 Å². The fraction of sp³-hybridized carbons (Fsp3) is 0. The lowest BCUT2D eigenvalue weighted by atomic mass is 10.3. The highest BCUT2D eigenvalue weighted by Crippen LogP contribution is 2.34. The van der Waals surface area contributed by atoms with E-state index in [4.69, 9.17) is 17.7 Å². The van der Waals surface area contributed by atoms with Crippen molar-refractivity contribution < 1.29 is 17.7 Å². The summed E-state index contributed by atoms with van der Waals surface area (Å²) in [5, 5.41) is 4.69. The summed E-state index contributed by atoms with van der Waals surface area (Å²) >= 11 is 0. The predicted octanol–water partition coefficient (Wildman–Crippen LogP) is 5.71. The Labute approximate surface area is 199 Å². The predicted molar refractivity (Wildman–Crippen MR) is 130 cm³/mol. The van der Waals surface area contributed by atoms with Gasteiger partial charge in [-0.1, -0.05) is 0 Å². The molecule has 0 saturated carbocycles. The van der Waals surface area contributed by atoms with Crippen molar-refractivity contribution in [2.24, 2.45) is 4.99 Å². The van der Waals surface area contributed by atoms with Crippen molar-refractivity contribution >= 4 is 72.9 Å². The minimum absolute atomic E-state index is 0.345. The number of furan rings is 4. The van der Waals surface area contributed by atoms with E-state index >= 15 is 0 Å². The zero-order valence-corrected chi connectivity index (χ0v) is 18.2. The van der Waals surface area contributed by atoms with Gasteiger partial charge in [0.15, 0.2) is 38.9 Å². The van der Waals surface area contributed by atoms with Crippen molar-refractivity contribution in [1.29, 1.82) is 0 Å². The van der Waals surface area contributed by atoms with Crippen molar-refractivity contribution in [3.8, 4) is 0 Å². The lowest BCUT2D eigenvalue weighted by molar-refractivity contribution is 0.621. The van der Waals surface area contributed by atoms with Crippen molar-refractivity contribution in [1.82, 2.24) is 24.9 Å². The Morgan fingerprint density at radius 2 is 1.44 bits per heavy atom. The average Bonchev–Trinajstić information content (AvgIpc) is 3.68. The Kier molecular flexibility index (Phi) is 3.69. The molecule has 0 amide bonds. The Balaban J connectivity index is 1.22. The standard InChI is InChI=1S/C25H13N7O4/c1-3-14-20(27-5-1)22-16(33-14)7-18(35-22)31-24-12-9-26-10-13(12)25(30-11-29-24)32-19-8-17-23(36-19)21-15(34-17)4-2-6-28-21/h1-11,26H,(H,29,30,31,32). The molecular formula is C25H13N7O4. The highest BCUT2D eigenvalue weighted by atomic mass is 16.4. The molecule has 0 atom stereocenters. The largest absolute Gasteiger partial charge is 0.451 e. The quantitative estimate of drug-likeness (QED) is 0.328. The fourth-order valence-corrected chi connectivity index (χ4v) is 4.29. The number of pyridine rings is 2. The summed E-state index contributed by atoms with van der Waals surface area (Å²) in [6.07, 6.45) is 8.41. The van der Waals surface area contributed by atoms with Gasteiger partial charge in [-0.05, 0) is 24.3 Å². The van der Waals surface area contributed by atoms with E-state index in [1.165, 1.54) is 6.33 Å². The Bertz CT molecular complexity index is 2160. The topological polar surface area (TPSA) is 144 Å². The molecule has 0 aliphatic rings. The van der Waals surface area contributed by atoms with Crippen LogP contribution in [0.5, 0.6) is 0 Å². The van der Waals surface area contributed by atoms with Gasteiger partial charge in [-0.3, -0.25) is 0 Å². The van der Waals surface area contributed by atoms with Crippen LogP contribution in [0.25, 0.3) is 55.3 Å². The van der Waals surface area contributed by atoms with Gasteiger partial charge >= 0.3 is 0 Å². The molecule has 0 spiro atoms. The van der Waals surface area contributed by atoms with Crippen LogP contribution < -0.4 is 10.8 Å². The molecule has 0 bridgehead atoms. The number of hydrogen-bond donors (Lipinski definition) is 2. The van der Waals surface area contributed by atoms with Crippen LogP contribution in [0, 0.1) is 0 Å². The number of nitrogens with zero attached hydrogens (tertiary/aromatic N) is 5. The first-order valence-corrected chi connectivity index (χ1v) is 11.0. The SMILES string of the molecule is c1cnc2c(c1)oc1cc(/N=c3\ncnc(Nc4cc5oc6cccnc6c5o4)c4c[nH]cc34)oc12. The van der Waals surface area contributed by atoms with Crippen molar-refractivity contribution in [2.45, 2.75) is 0 Å². The van der Waals surface area contributed by atoms with Crippen molar-refractivity contribution in [2.75, 3.05) is 5.32 Å². The summed E-state index contributed by atoms with van der Waals surface area (Å²) in [5.41, 5.74) is 5.32. The summed E-state index contributed by atoms with van der Waals surface area (Å²) < 4.78 is 23.5. The number of anilines is 2. The molecule has 8 rings (SSSR count). The smallest absolute Gasteiger partial charge is 0.225 e. The number of fused-ring (bicyclic) bond motifs is 7. The van der Waals surface area contributed by atoms with E-state index in [1.54, 1.807) is 36.9 Å². The van der Waals surface area contributed by atoms with Crippen molar-refractivity contribution in [3.05, 3.63) is 73.0 Å². The summed E-state index contributed by atoms with van der Waals surface area (Å²) in [6.45, 7) is 0. The van der Waals surface area contributed by atoms with E-state index in [2.05, 4.69) is 35.2 Å². The molecule has 8 aromatic rings. The van der Waals surface area contributed by atoms with E-state index in [9.17, 15) is 0 Å². The molecule has 0 saturated heterocycles. The maximum atomic E-state index is 5.97. The van der Waals surface area contributed by atoms with E-state index in [0.717, 1.165) is 10.8 Å². The van der Waals surface area contributed by atoms with Crippen LogP contribution in [-0.2, 0) is 0 Å². The van der Waals surface area contributed by atoms with Gasteiger partial charge in [0.05, 0.1) is 0 Å². The highest BCUT2D eigenvalue weighted by Gasteiger charge is 2.16. The summed E-state index contributed by atoms with van der Waals surface area (Å²) in [5.74, 6) is 1.33. The second-order valence-corrected chi connectivity index (χ2v) is 8.05. The second-order valence-electron chi connectivity index (χ2n) is 8.05. The first-order valence-electron chi connectivity index (χ1n) is 11.0. The van der Waals surface area contributed by atoms with Gasteiger partial charge in [0.1, 0.15) is 12.1 Å². The van der Waals surface area contributed by atoms with Crippen LogP contribution in [0.1, 0.15) is 0 Å². The number of rotatable bonds is 3. The van der Waals surface area contributed by atoms with E-state index in [0.29, 0.717) is 67.6 Å². The molecular weight excluding hydrogens is 462 g/mol. The normalized spacial score (nSPS) is 12.6. The molecule has 0 aliphatic heterocycles. The summed E-state index contributed by atoms with van der Waals surface area (Å²) in [7, 11) is 0. The highest BCUT2D eigenvalue weighted by molar-refractivity contribution is 6.01. The molecule has 0 aliphatic carbocycles. The summed E-state index contributed by atoms with van der Waals surface area (Å²) in [4.78, 5) is 25.3. The number of H-pyrrole nitrogens is 1. The van der Waals surface area contributed by atoms with Gasteiger partial charge < -0.3 is 28.0 Å². The maximum absolute atomic E-state index is 5.97. The molecule has 0 aromatic carbocycles.